The molecule has 3 N–H and O–H groups in total. The molecule has 0 aromatic heterocycles. The van der Waals surface area contributed by atoms with Crippen LogP contribution in [0.4, 0.5) is 5.69 Å². The third-order valence-corrected chi connectivity index (χ3v) is 3.27. The summed E-state index contributed by atoms with van der Waals surface area (Å²) in [6.07, 6.45) is 0.962. The van der Waals surface area contributed by atoms with E-state index in [1.54, 1.807) is 0 Å². The molecule has 110 valence electrons. The molecule has 0 saturated heterocycles. The molecule has 0 spiro atoms. The third kappa shape index (κ3) is 4.77. The van der Waals surface area contributed by atoms with E-state index in [2.05, 4.69) is 23.1 Å². The van der Waals surface area contributed by atoms with Crippen LogP contribution >= 0.6 is 11.6 Å². The molecule has 2 rings (SSSR count). The van der Waals surface area contributed by atoms with Crippen LogP contribution in [-0.4, -0.2) is 12.6 Å². The molecule has 2 aromatic rings. The number of rotatable bonds is 6. The molecule has 0 bridgehead atoms. The van der Waals surface area contributed by atoms with E-state index in [0.717, 1.165) is 12.1 Å². The Labute approximate surface area is 129 Å². The quantitative estimate of drug-likeness (QED) is 0.436. The van der Waals surface area contributed by atoms with E-state index in [-0.39, 0.29) is 5.91 Å². The molecule has 21 heavy (non-hydrogen) atoms. The fourth-order valence-corrected chi connectivity index (χ4v) is 2.02. The molecular formula is C16H18ClN3O. The number of hydrogen-bond acceptors (Lipinski definition) is 3. The lowest BCUT2D eigenvalue weighted by Crippen LogP contribution is -2.40. The third-order valence-electron chi connectivity index (χ3n) is 3.03. The zero-order chi connectivity index (χ0) is 15.1. The summed E-state index contributed by atoms with van der Waals surface area (Å²) in [5.41, 5.74) is 8.19. The number of carbonyl (C=O) groups is 1. The van der Waals surface area contributed by atoms with Crippen LogP contribution in [0.3, 0.4) is 0 Å². The monoisotopic (exact) mass is 303 g/mol. The Bertz CT molecular complexity index is 599. The first-order valence-electron chi connectivity index (χ1n) is 6.80. The number of hydrazine groups is 1. The average molecular weight is 304 g/mol. The highest BCUT2D eigenvalue weighted by Gasteiger charge is 2.03. The first-order chi connectivity index (χ1) is 10.2. The van der Waals surface area contributed by atoms with Gasteiger partial charge in [-0.25, -0.2) is 5.43 Å². The molecule has 0 aliphatic heterocycles. The van der Waals surface area contributed by atoms with Crippen LogP contribution in [0.2, 0.25) is 5.02 Å². The van der Waals surface area contributed by atoms with Gasteiger partial charge in [-0.1, -0.05) is 36.7 Å². The summed E-state index contributed by atoms with van der Waals surface area (Å²) in [4.78, 5) is 11.9. The molecule has 0 fully saturated rings. The van der Waals surface area contributed by atoms with Crippen molar-refractivity contribution < 1.29 is 4.79 Å². The maximum absolute atomic E-state index is 11.9. The molecule has 0 atom stereocenters. The first kappa shape index (κ1) is 15.4. The highest BCUT2D eigenvalue weighted by Crippen LogP contribution is 2.14. The van der Waals surface area contributed by atoms with E-state index in [4.69, 9.17) is 11.6 Å². The van der Waals surface area contributed by atoms with Gasteiger partial charge in [0.15, 0.2) is 0 Å². The van der Waals surface area contributed by atoms with Crippen LogP contribution in [0.1, 0.15) is 22.8 Å². The zero-order valence-electron chi connectivity index (χ0n) is 11.8. The van der Waals surface area contributed by atoms with Crippen molar-refractivity contribution in [3.8, 4) is 0 Å². The summed E-state index contributed by atoms with van der Waals surface area (Å²) in [5, 5.41) is 3.77. The van der Waals surface area contributed by atoms with E-state index >= 15 is 0 Å². The second-order valence-electron chi connectivity index (χ2n) is 4.55. The van der Waals surface area contributed by atoms with Crippen molar-refractivity contribution in [2.45, 2.75) is 13.3 Å². The highest BCUT2D eigenvalue weighted by atomic mass is 35.5. The fraction of sp³-hybridized carbons (Fsp3) is 0.188. The summed E-state index contributed by atoms with van der Waals surface area (Å²) >= 11 is 5.88. The van der Waals surface area contributed by atoms with Crippen molar-refractivity contribution in [3.05, 3.63) is 64.7 Å². The lowest BCUT2D eigenvalue weighted by Gasteiger charge is -2.10. The summed E-state index contributed by atoms with van der Waals surface area (Å²) in [6.45, 7) is 2.48. The fourth-order valence-electron chi connectivity index (χ4n) is 1.83. The molecule has 5 heteroatoms. The molecular weight excluding hydrogens is 286 g/mol. The lowest BCUT2D eigenvalue weighted by molar-refractivity contribution is 0.0934. The number of amides is 1. The van der Waals surface area contributed by atoms with Crippen LogP contribution < -0.4 is 16.2 Å². The molecule has 0 unspecified atom stereocenters. The zero-order valence-corrected chi connectivity index (χ0v) is 12.6. The Morgan fingerprint density at radius 2 is 1.90 bits per heavy atom. The van der Waals surface area contributed by atoms with Gasteiger partial charge >= 0.3 is 0 Å². The topological polar surface area (TPSA) is 53.2 Å². The molecule has 0 aliphatic carbocycles. The van der Waals surface area contributed by atoms with E-state index < -0.39 is 0 Å². The predicted octanol–water partition coefficient (Wildman–Crippen LogP) is 3.21. The van der Waals surface area contributed by atoms with Crippen molar-refractivity contribution >= 4 is 23.2 Å². The van der Waals surface area contributed by atoms with Crippen LogP contribution in [0.5, 0.6) is 0 Å². The number of nitrogens with one attached hydrogen (secondary N) is 3. The van der Waals surface area contributed by atoms with Crippen LogP contribution in [0, 0.1) is 0 Å². The van der Waals surface area contributed by atoms with Crippen molar-refractivity contribution in [1.29, 1.82) is 0 Å². The molecule has 0 aliphatic rings. The molecule has 0 heterocycles. The molecule has 2 aromatic carbocycles. The van der Waals surface area contributed by atoms with E-state index in [1.807, 2.05) is 48.5 Å². The number of benzene rings is 2. The summed E-state index contributed by atoms with van der Waals surface area (Å²) in [5.74, 6) is -0.162. The Morgan fingerprint density at radius 1 is 1.14 bits per heavy atom. The van der Waals surface area contributed by atoms with Gasteiger partial charge in [0.05, 0.1) is 6.67 Å². The Hall–Kier alpha value is -2.04. The number of halogens is 1. The minimum Gasteiger partial charge on any atom is -0.371 e. The van der Waals surface area contributed by atoms with Crippen LogP contribution in [-0.2, 0) is 6.42 Å². The van der Waals surface area contributed by atoms with Gasteiger partial charge in [-0.2, -0.15) is 0 Å². The SMILES string of the molecule is CCc1ccc(C(=O)NNCNc2cccc(Cl)c2)cc1. The van der Waals surface area contributed by atoms with Gasteiger partial charge in [0, 0.05) is 16.3 Å². The van der Waals surface area contributed by atoms with Gasteiger partial charge < -0.3 is 5.32 Å². The average Bonchev–Trinajstić information content (AvgIpc) is 2.51. The van der Waals surface area contributed by atoms with Crippen molar-refractivity contribution in [3.63, 3.8) is 0 Å². The van der Waals surface area contributed by atoms with Crippen molar-refractivity contribution in [1.82, 2.24) is 10.9 Å². The molecule has 1 amide bonds. The second kappa shape index (κ2) is 7.67. The van der Waals surface area contributed by atoms with E-state index in [0.29, 0.717) is 17.3 Å². The number of hydrogen-bond donors (Lipinski definition) is 3. The van der Waals surface area contributed by atoms with Crippen LogP contribution in [0.15, 0.2) is 48.5 Å². The maximum Gasteiger partial charge on any atom is 0.265 e. The van der Waals surface area contributed by atoms with Gasteiger partial charge in [0.1, 0.15) is 0 Å². The maximum atomic E-state index is 11.9. The highest BCUT2D eigenvalue weighted by molar-refractivity contribution is 6.30. The normalized spacial score (nSPS) is 10.2. The second-order valence-corrected chi connectivity index (χ2v) is 4.98. The van der Waals surface area contributed by atoms with E-state index in [1.165, 1.54) is 5.56 Å². The van der Waals surface area contributed by atoms with Crippen molar-refractivity contribution in [2.24, 2.45) is 0 Å². The van der Waals surface area contributed by atoms with Gasteiger partial charge in [-0.3, -0.25) is 10.2 Å². The Morgan fingerprint density at radius 3 is 2.57 bits per heavy atom. The van der Waals surface area contributed by atoms with Gasteiger partial charge in [-0.15, -0.1) is 0 Å². The predicted molar refractivity (Wildman–Crippen MR) is 86.4 cm³/mol. The molecule has 0 saturated carbocycles. The first-order valence-corrected chi connectivity index (χ1v) is 7.18. The summed E-state index contributed by atoms with van der Waals surface area (Å²) < 4.78 is 0. The molecule has 4 nitrogen and oxygen atoms in total. The number of carbonyl (C=O) groups excluding carboxylic acids is 1. The largest absolute Gasteiger partial charge is 0.371 e. The summed E-state index contributed by atoms with van der Waals surface area (Å²) in [7, 11) is 0. The van der Waals surface area contributed by atoms with Gasteiger partial charge in [0.2, 0.25) is 0 Å². The standard InChI is InChI=1S/C16H18ClN3O/c1-2-12-6-8-13(9-7-12)16(21)20-19-11-18-15-5-3-4-14(17)10-15/h3-10,18-19H,2,11H2,1H3,(H,20,21). The lowest BCUT2D eigenvalue weighted by atomic mass is 10.1. The van der Waals surface area contributed by atoms with Crippen LogP contribution in [0.25, 0.3) is 0 Å². The van der Waals surface area contributed by atoms with Gasteiger partial charge in [-0.05, 0) is 42.3 Å². The van der Waals surface area contributed by atoms with Gasteiger partial charge in [0.25, 0.3) is 5.91 Å². The minimum atomic E-state index is -0.162. The summed E-state index contributed by atoms with van der Waals surface area (Å²) in [6, 6.07) is 14.9. The van der Waals surface area contributed by atoms with E-state index in [9.17, 15) is 4.79 Å². The van der Waals surface area contributed by atoms with Crippen molar-refractivity contribution in [2.75, 3.05) is 12.0 Å². The Kier molecular flexibility index (Phi) is 5.60. The number of aryl methyl sites for hydroxylation is 1. The number of anilines is 1. The smallest absolute Gasteiger partial charge is 0.265 e. The Balaban J connectivity index is 1.76. The minimum absolute atomic E-state index is 0.162. The molecule has 0 radical (unpaired) electrons.